The molecule has 1 rings (SSSR count). The van der Waals surface area contributed by atoms with Gasteiger partial charge in [0.05, 0.1) is 0 Å². The Kier molecular flexibility index (Phi) is 4.69. The summed E-state index contributed by atoms with van der Waals surface area (Å²) in [6.45, 7) is 7.12. The molecule has 1 aromatic rings. The van der Waals surface area contributed by atoms with Crippen LogP contribution in [-0.2, 0) is 0 Å². The summed E-state index contributed by atoms with van der Waals surface area (Å²) < 4.78 is 0. The van der Waals surface area contributed by atoms with Crippen LogP contribution in [-0.4, -0.2) is 14.0 Å². The molecule has 0 fully saturated rings. The molecule has 0 amide bonds. The van der Waals surface area contributed by atoms with Crippen molar-refractivity contribution < 1.29 is 0 Å². The van der Waals surface area contributed by atoms with Crippen molar-refractivity contribution in [3.8, 4) is 0 Å². The lowest BCUT2D eigenvalue weighted by Crippen LogP contribution is -2.23. The molecule has 0 nitrogen and oxygen atoms in total. The smallest absolute Gasteiger partial charge is 0.0449 e. The quantitative estimate of drug-likeness (QED) is 0.528. The molecule has 0 aliphatic heterocycles. The van der Waals surface area contributed by atoms with Crippen LogP contribution in [0.4, 0.5) is 0 Å². The predicted molar refractivity (Wildman–Crippen MR) is 73.1 cm³/mol. The first-order chi connectivity index (χ1) is 6.92. The molecule has 1 atom stereocenters. The number of rotatable bonds is 4. The number of halogens is 2. The molecule has 0 aliphatic carbocycles. The van der Waals surface area contributed by atoms with Crippen LogP contribution in [0.15, 0.2) is 24.3 Å². The van der Waals surface area contributed by atoms with Crippen LogP contribution in [0.5, 0.6) is 0 Å². The first kappa shape index (κ1) is 13.1. The fourth-order valence-corrected chi connectivity index (χ4v) is 4.29. The van der Waals surface area contributed by atoms with Crippen molar-refractivity contribution in [1.82, 2.24) is 0 Å². The zero-order valence-electron chi connectivity index (χ0n) is 9.56. The van der Waals surface area contributed by atoms with E-state index in [1.54, 1.807) is 0 Å². The van der Waals surface area contributed by atoms with Gasteiger partial charge in [-0.25, -0.2) is 0 Å². The van der Waals surface area contributed by atoms with Gasteiger partial charge < -0.3 is 0 Å². The van der Waals surface area contributed by atoms with Crippen molar-refractivity contribution in [1.29, 1.82) is 0 Å². The Morgan fingerprint density at radius 2 is 1.93 bits per heavy atom. The van der Waals surface area contributed by atoms with Crippen LogP contribution in [0, 0.1) is 0 Å². The predicted octanol–water partition coefficient (Wildman–Crippen LogP) is 5.00. The molecule has 0 saturated heterocycles. The summed E-state index contributed by atoms with van der Waals surface area (Å²) in [6.07, 6.45) is 0. The molecule has 84 valence electrons. The van der Waals surface area contributed by atoms with Crippen LogP contribution >= 0.6 is 23.2 Å². The summed E-state index contributed by atoms with van der Waals surface area (Å²) in [5.41, 5.74) is 1.28. The lowest BCUT2D eigenvalue weighted by Gasteiger charge is -2.23. The topological polar surface area (TPSA) is 0 Å². The highest BCUT2D eigenvalue weighted by Gasteiger charge is 2.21. The van der Waals surface area contributed by atoms with E-state index in [0.717, 1.165) is 5.02 Å². The van der Waals surface area contributed by atoms with Crippen molar-refractivity contribution in [2.45, 2.75) is 31.6 Å². The van der Waals surface area contributed by atoms with E-state index >= 15 is 0 Å². The van der Waals surface area contributed by atoms with Gasteiger partial charge in [0.15, 0.2) is 0 Å². The van der Waals surface area contributed by atoms with Gasteiger partial charge in [-0.1, -0.05) is 43.4 Å². The molecule has 0 heterocycles. The van der Waals surface area contributed by atoms with Crippen LogP contribution in [0.1, 0.15) is 11.5 Å². The van der Waals surface area contributed by atoms with E-state index in [1.165, 1.54) is 11.6 Å². The molecule has 1 aromatic carbocycles. The van der Waals surface area contributed by atoms with Gasteiger partial charge in [-0.15, -0.1) is 11.6 Å². The van der Waals surface area contributed by atoms with E-state index in [0.29, 0.717) is 11.8 Å². The average molecular weight is 261 g/mol. The summed E-state index contributed by atoms with van der Waals surface area (Å²) in [7, 11) is -1.07. The Labute approximate surface area is 104 Å². The zero-order chi connectivity index (χ0) is 11.5. The Morgan fingerprint density at radius 3 is 2.40 bits per heavy atom. The van der Waals surface area contributed by atoms with E-state index in [9.17, 15) is 0 Å². The Bertz CT molecular complexity index is 318. The van der Waals surface area contributed by atoms with Crippen LogP contribution in [0.2, 0.25) is 30.7 Å². The Balaban J connectivity index is 2.83. The van der Waals surface area contributed by atoms with Gasteiger partial charge in [0.1, 0.15) is 0 Å². The van der Waals surface area contributed by atoms with Gasteiger partial charge in [0.2, 0.25) is 0 Å². The normalized spacial score (nSPS) is 13.9. The molecule has 0 aromatic heterocycles. The standard InChI is InChI=1S/C12H18Cl2Si/c1-15(2,3)9-11(8-13)10-5-4-6-12(14)7-10/h4-7,11H,8-9H2,1-3H3. The summed E-state index contributed by atoms with van der Waals surface area (Å²) in [5.74, 6) is 1.14. The first-order valence-electron chi connectivity index (χ1n) is 5.24. The highest BCUT2D eigenvalue weighted by Crippen LogP contribution is 2.29. The largest absolute Gasteiger partial charge is 0.126 e. The summed E-state index contributed by atoms with van der Waals surface area (Å²) in [6, 6.07) is 9.29. The number of hydrogen-bond donors (Lipinski definition) is 0. The molecule has 0 saturated carbocycles. The molecule has 0 spiro atoms. The minimum absolute atomic E-state index is 0.456. The Morgan fingerprint density at radius 1 is 1.27 bits per heavy atom. The molecular formula is C12H18Cl2Si. The van der Waals surface area contributed by atoms with Crippen LogP contribution in [0.25, 0.3) is 0 Å². The molecule has 0 bridgehead atoms. The van der Waals surface area contributed by atoms with Crippen molar-refractivity contribution in [2.24, 2.45) is 0 Å². The average Bonchev–Trinajstić information content (AvgIpc) is 2.13. The maximum Gasteiger partial charge on any atom is 0.0449 e. The monoisotopic (exact) mass is 260 g/mol. The number of hydrogen-bond acceptors (Lipinski definition) is 0. The van der Waals surface area contributed by atoms with E-state index in [4.69, 9.17) is 23.2 Å². The molecule has 0 N–H and O–H groups in total. The van der Waals surface area contributed by atoms with Crippen LogP contribution in [0.3, 0.4) is 0 Å². The van der Waals surface area contributed by atoms with Crippen molar-refractivity contribution in [3.63, 3.8) is 0 Å². The summed E-state index contributed by atoms with van der Waals surface area (Å²) in [4.78, 5) is 0. The van der Waals surface area contributed by atoms with Gasteiger partial charge in [-0.05, 0) is 29.7 Å². The van der Waals surface area contributed by atoms with Gasteiger partial charge in [0, 0.05) is 19.0 Å². The molecule has 1 unspecified atom stereocenters. The highest BCUT2D eigenvalue weighted by molar-refractivity contribution is 6.76. The maximum absolute atomic E-state index is 6.04. The molecular weight excluding hydrogens is 243 g/mol. The van der Waals surface area contributed by atoms with E-state index < -0.39 is 8.07 Å². The van der Waals surface area contributed by atoms with Gasteiger partial charge in [-0.3, -0.25) is 0 Å². The number of benzene rings is 1. The summed E-state index contributed by atoms with van der Waals surface area (Å²) in [5, 5.41) is 0.804. The third kappa shape index (κ3) is 4.58. The minimum atomic E-state index is -1.07. The second kappa shape index (κ2) is 5.38. The van der Waals surface area contributed by atoms with Gasteiger partial charge >= 0.3 is 0 Å². The Hall–Kier alpha value is 0.0169. The second-order valence-corrected chi connectivity index (χ2v) is 11.4. The minimum Gasteiger partial charge on any atom is -0.126 e. The van der Waals surface area contributed by atoms with Crippen LogP contribution < -0.4 is 0 Å². The van der Waals surface area contributed by atoms with E-state index in [-0.39, 0.29) is 0 Å². The van der Waals surface area contributed by atoms with Gasteiger partial charge in [0.25, 0.3) is 0 Å². The number of alkyl halides is 1. The molecule has 15 heavy (non-hydrogen) atoms. The van der Waals surface area contributed by atoms with Crippen molar-refractivity contribution >= 4 is 31.3 Å². The van der Waals surface area contributed by atoms with E-state index in [2.05, 4.69) is 25.7 Å². The fourth-order valence-electron chi connectivity index (χ4n) is 1.76. The highest BCUT2D eigenvalue weighted by atomic mass is 35.5. The second-order valence-electron chi connectivity index (χ2n) is 5.17. The van der Waals surface area contributed by atoms with Crippen molar-refractivity contribution in [3.05, 3.63) is 34.9 Å². The molecule has 0 radical (unpaired) electrons. The molecule has 3 heteroatoms. The third-order valence-electron chi connectivity index (χ3n) is 2.37. The maximum atomic E-state index is 6.04. The fraction of sp³-hybridized carbons (Fsp3) is 0.500. The lowest BCUT2D eigenvalue weighted by molar-refractivity contribution is 0.853. The lowest BCUT2D eigenvalue weighted by atomic mass is 10.0. The first-order valence-corrected chi connectivity index (χ1v) is 9.86. The van der Waals surface area contributed by atoms with Crippen molar-refractivity contribution in [2.75, 3.05) is 5.88 Å². The summed E-state index contributed by atoms with van der Waals surface area (Å²) >= 11 is 12.0. The zero-order valence-corrected chi connectivity index (χ0v) is 12.1. The van der Waals surface area contributed by atoms with Gasteiger partial charge in [-0.2, -0.15) is 0 Å². The third-order valence-corrected chi connectivity index (χ3v) is 4.69. The SMILES string of the molecule is C[Si](C)(C)CC(CCl)c1cccc(Cl)c1. The molecule has 0 aliphatic rings. The van der Waals surface area contributed by atoms with E-state index in [1.807, 2.05) is 18.2 Å².